The number of aromatic nitrogens is 3. The molecule has 3 N–H and O–H groups in total. The molecule has 4 atom stereocenters. The molecule has 2 aromatic heterocycles. The topological polar surface area (TPSA) is 94.9 Å². The summed E-state index contributed by atoms with van der Waals surface area (Å²) in [6.45, 7) is 8.33. The van der Waals surface area contributed by atoms with E-state index in [1.165, 1.54) is 6.33 Å². The highest BCUT2D eigenvalue weighted by atomic mass is 16.7. The van der Waals surface area contributed by atoms with Crippen LogP contribution in [0, 0.1) is 5.92 Å². The van der Waals surface area contributed by atoms with Gasteiger partial charge in [-0.05, 0) is 24.1 Å². The first-order valence-electron chi connectivity index (χ1n) is 9.75. The second-order valence-corrected chi connectivity index (χ2v) is 7.48. The van der Waals surface area contributed by atoms with Gasteiger partial charge < -0.3 is 20.3 Å². The minimum atomic E-state index is -1.73. The molecule has 0 amide bonds. The van der Waals surface area contributed by atoms with Crippen molar-refractivity contribution in [3.05, 3.63) is 72.7 Å². The lowest BCUT2D eigenvalue weighted by atomic mass is 9.83. The molecule has 2 unspecified atom stereocenters. The second kappa shape index (κ2) is 7.26. The lowest BCUT2D eigenvalue weighted by molar-refractivity contribution is -0.262. The fourth-order valence-corrected chi connectivity index (χ4v) is 4.24. The number of hydrogen-bond donors (Lipinski definition) is 2. The number of aliphatic hydroxyl groups is 1. The van der Waals surface area contributed by atoms with Crippen LogP contribution in [-0.4, -0.2) is 31.4 Å². The number of rotatable bonds is 6. The summed E-state index contributed by atoms with van der Waals surface area (Å²) in [5.41, 5.74) is 7.30. The smallest absolute Gasteiger partial charge is 0.238 e. The van der Waals surface area contributed by atoms with Crippen LogP contribution in [0.4, 0.5) is 5.82 Å². The van der Waals surface area contributed by atoms with Crippen LogP contribution in [-0.2, 0) is 21.9 Å². The molecule has 3 heterocycles. The Balaban J connectivity index is 1.78. The van der Waals surface area contributed by atoms with Gasteiger partial charge in [-0.25, -0.2) is 9.50 Å². The Morgan fingerprint density at radius 1 is 1.31 bits per heavy atom. The van der Waals surface area contributed by atoms with Crippen molar-refractivity contribution in [2.24, 2.45) is 5.92 Å². The van der Waals surface area contributed by atoms with Gasteiger partial charge in [0.25, 0.3) is 0 Å². The predicted octanol–water partition coefficient (Wildman–Crippen LogP) is 3.04. The fourth-order valence-electron chi connectivity index (χ4n) is 4.24. The van der Waals surface area contributed by atoms with E-state index >= 15 is 0 Å². The Kier molecular flexibility index (Phi) is 4.90. The van der Waals surface area contributed by atoms with Gasteiger partial charge in [-0.15, -0.1) is 6.58 Å². The van der Waals surface area contributed by atoms with Crippen molar-refractivity contribution in [2.45, 2.75) is 44.4 Å². The van der Waals surface area contributed by atoms with E-state index in [1.807, 2.05) is 44.2 Å². The average Bonchev–Trinajstić information content (AvgIpc) is 3.27. The molecule has 0 spiro atoms. The molecule has 0 saturated carbocycles. The molecule has 1 aliphatic heterocycles. The molecular formula is C22H26N4O3. The summed E-state index contributed by atoms with van der Waals surface area (Å²) in [5.74, 6) is -1.55. The highest BCUT2D eigenvalue weighted by Gasteiger charge is 2.61. The number of fused-ring (bicyclic) bond motifs is 1. The molecule has 0 bridgehead atoms. The first-order valence-corrected chi connectivity index (χ1v) is 9.75. The van der Waals surface area contributed by atoms with Gasteiger partial charge in [-0.3, -0.25) is 0 Å². The number of nitrogens with zero attached hydrogens (tertiary/aromatic N) is 3. The summed E-state index contributed by atoms with van der Waals surface area (Å²) in [4.78, 5) is 4.02. The van der Waals surface area contributed by atoms with Crippen LogP contribution >= 0.6 is 0 Å². The van der Waals surface area contributed by atoms with E-state index in [2.05, 4.69) is 16.7 Å². The first kappa shape index (κ1) is 19.6. The third-order valence-electron chi connectivity index (χ3n) is 5.98. The number of anilines is 1. The highest BCUT2D eigenvalue weighted by molar-refractivity contribution is 5.65. The molecule has 1 fully saturated rings. The van der Waals surface area contributed by atoms with E-state index in [4.69, 9.17) is 15.2 Å². The maximum absolute atomic E-state index is 11.8. The first-order chi connectivity index (χ1) is 13.9. The van der Waals surface area contributed by atoms with Gasteiger partial charge in [0.1, 0.15) is 23.6 Å². The maximum Gasteiger partial charge on any atom is 0.238 e. The lowest BCUT2D eigenvalue weighted by Gasteiger charge is -2.30. The molecule has 1 aliphatic rings. The van der Waals surface area contributed by atoms with Gasteiger partial charge in [0, 0.05) is 5.92 Å². The zero-order chi connectivity index (χ0) is 20.6. The number of ether oxygens (including phenoxy) is 2. The van der Waals surface area contributed by atoms with Gasteiger partial charge >= 0.3 is 0 Å². The van der Waals surface area contributed by atoms with Crippen LogP contribution in [0.25, 0.3) is 5.52 Å². The zero-order valence-corrected chi connectivity index (χ0v) is 16.7. The summed E-state index contributed by atoms with van der Waals surface area (Å²) < 4.78 is 14.2. The summed E-state index contributed by atoms with van der Waals surface area (Å²) in [7, 11) is 0. The summed E-state index contributed by atoms with van der Waals surface area (Å²) in [5, 5.41) is 16.1. The van der Waals surface area contributed by atoms with Crippen molar-refractivity contribution in [3.8, 4) is 0 Å². The number of benzene rings is 1. The van der Waals surface area contributed by atoms with Gasteiger partial charge in [0.05, 0.1) is 12.2 Å². The monoisotopic (exact) mass is 394 g/mol. The summed E-state index contributed by atoms with van der Waals surface area (Å²) in [6.07, 6.45) is 3.11. The number of nitrogens with two attached hydrogens (primary N) is 1. The average molecular weight is 394 g/mol. The van der Waals surface area contributed by atoms with Crippen LogP contribution in [0.5, 0.6) is 0 Å². The molecule has 7 nitrogen and oxygen atoms in total. The highest BCUT2D eigenvalue weighted by Crippen LogP contribution is 2.50. The second-order valence-electron chi connectivity index (χ2n) is 7.48. The molecule has 0 radical (unpaired) electrons. The Bertz CT molecular complexity index is 1020. The van der Waals surface area contributed by atoms with Crippen LogP contribution in [0.2, 0.25) is 0 Å². The molecular weight excluding hydrogens is 368 g/mol. The Hall–Kier alpha value is -2.74. The van der Waals surface area contributed by atoms with Crippen molar-refractivity contribution >= 4 is 11.3 Å². The van der Waals surface area contributed by atoms with E-state index in [1.54, 1.807) is 22.7 Å². The molecule has 29 heavy (non-hydrogen) atoms. The third-order valence-corrected chi connectivity index (χ3v) is 5.98. The zero-order valence-electron chi connectivity index (χ0n) is 16.7. The summed E-state index contributed by atoms with van der Waals surface area (Å²) in [6, 6.07) is 13.4. The standard InChI is InChI=1S/C22H26N4O3/c1-4-21(5-2)15(3)19(28-13-16-9-7-6-8-10-16)22(27,29-21)18-12-11-17-20(23)24-14-25-26(17)18/h4,6-12,14-15,19,27H,1,5,13H2,2-3H3,(H2,23,24,25)/t15-,19?,21+,22?/m0/s1. The quantitative estimate of drug-likeness (QED) is 0.624. The fraction of sp³-hybridized carbons (Fsp3) is 0.364. The Labute approximate surface area is 169 Å². The molecule has 3 aromatic rings. The molecule has 0 aliphatic carbocycles. The molecule has 1 aromatic carbocycles. The number of hydrogen-bond acceptors (Lipinski definition) is 6. The van der Waals surface area contributed by atoms with Crippen LogP contribution in [0.15, 0.2) is 61.4 Å². The van der Waals surface area contributed by atoms with Gasteiger partial charge in [0.2, 0.25) is 5.79 Å². The van der Waals surface area contributed by atoms with Crippen molar-refractivity contribution in [1.29, 1.82) is 0 Å². The lowest BCUT2D eigenvalue weighted by Crippen LogP contribution is -2.41. The van der Waals surface area contributed by atoms with E-state index in [-0.39, 0.29) is 5.92 Å². The predicted molar refractivity (Wildman–Crippen MR) is 110 cm³/mol. The van der Waals surface area contributed by atoms with E-state index in [0.717, 1.165) is 5.56 Å². The SMILES string of the molecule is C=C[C@]1(CC)OC(O)(c2ccc3c(N)ncnn23)C(OCc2ccccc2)[C@@H]1C. The van der Waals surface area contributed by atoms with E-state index in [0.29, 0.717) is 30.1 Å². The molecule has 1 saturated heterocycles. The van der Waals surface area contributed by atoms with Crippen molar-refractivity contribution in [1.82, 2.24) is 14.6 Å². The van der Waals surface area contributed by atoms with E-state index < -0.39 is 17.5 Å². The molecule has 4 rings (SSSR count). The molecule has 7 heteroatoms. The van der Waals surface area contributed by atoms with Crippen molar-refractivity contribution in [3.63, 3.8) is 0 Å². The van der Waals surface area contributed by atoms with Gasteiger partial charge in [-0.2, -0.15) is 5.10 Å². The maximum atomic E-state index is 11.8. The minimum absolute atomic E-state index is 0.150. The van der Waals surface area contributed by atoms with Crippen molar-refractivity contribution in [2.75, 3.05) is 5.73 Å². The van der Waals surface area contributed by atoms with Gasteiger partial charge in [0.15, 0.2) is 5.82 Å². The molecule has 152 valence electrons. The largest absolute Gasteiger partial charge is 0.382 e. The Morgan fingerprint density at radius 2 is 2.07 bits per heavy atom. The van der Waals surface area contributed by atoms with Crippen LogP contribution < -0.4 is 5.73 Å². The van der Waals surface area contributed by atoms with Crippen molar-refractivity contribution < 1.29 is 14.6 Å². The normalized spacial score (nSPS) is 29.3. The van der Waals surface area contributed by atoms with E-state index in [9.17, 15) is 5.11 Å². The van der Waals surface area contributed by atoms with Crippen LogP contribution in [0.1, 0.15) is 31.5 Å². The minimum Gasteiger partial charge on any atom is -0.382 e. The van der Waals surface area contributed by atoms with Gasteiger partial charge in [-0.1, -0.05) is 50.3 Å². The summed E-state index contributed by atoms with van der Waals surface area (Å²) >= 11 is 0. The van der Waals surface area contributed by atoms with Crippen LogP contribution in [0.3, 0.4) is 0 Å². The third kappa shape index (κ3) is 3.02. The Morgan fingerprint density at radius 3 is 2.76 bits per heavy atom. The number of nitrogen functional groups attached to an aromatic ring is 1.